The highest BCUT2D eigenvalue weighted by Gasteiger charge is 2.24. The summed E-state index contributed by atoms with van der Waals surface area (Å²) in [6.45, 7) is 2.55. The molecular formula is C24H23N3O2S. The standard InChI is InChI=1S/C24H23N3O2S/c1-2-19-13-15-22(16-14-19)26-30(28,29)23-18-27(17-20-9-5-3-6-10-20)25-24(23)21-11-7-4-8-12-21/h3-16,18,26H,2,17H2,1H3. The molecule has 0 saturated heterocycles. The van der Waals surface area contributed by atoms with Gasteiger partial charge in [0.2, 0.25) is 0 Å². The van der Waals surface area contributed by atoms with Crippen LogP contribution in [0.4, 0.5) is 5.69 Å². The van der Waals surface area contributed by atoms with Crippen molar-refractivity contribution in [2.75, 3.05) is 4.72 Å². The Morgan fingerprint density at radius 3 is 2.10 bits per heavy atom. The first kappa shape index (κ1) is 19.9. The van der Waals surface area contributed by atoms with E-state index >= 15 is 0 Å². The van der Waals surface area contributed by atoms with E-state index in [4.69, 9.17) is 0 Å². The van der Waals surface area contributed by atoms with E-state index in [0.717, 1.165) is 23.1 Å². The maximum absolute atomic E-state index is 13.3. The first-order chi connectivity index (χ1) is 14.5. The molecule has 0 fully saturated rings. The Labute approximate surface area is 177 Å². The fraction of sp³-hybridized carbons (Fsp3) is 0.125. The van der Waals surface area contributed by atoms with Gasteiger partial charge < -0.3 is 0 Å². The lowest BCUT2D eigenvalue weighted by molar-refractivity contribution is 0.601. The molecule has 3 aromatic carbocycles. The van der Waals surface area contributed by atoms with Crippen molar-refractivity contribution in [1.29, 1.82) is 0 Å². The molecule has 0 aliphatic heterocycles. The molecule has 1 N–H and O–H groups in total. The number of nitrogens with one attached hydrogen (secondary N) is 1. The molecule has 0 bridgehead atoms. The number of aromatic nitrogens is 2. The molecule has 30 heavy (non-hydrogen) atoms. The molecule has 0 atom stereocenters. The zero-order chi connectivity index (χ0) is 21.0. The fourth-order valence-corrected chi connectivity index (χ4v) is 4.50. The van der Waals surface area contributed by atoms with Crippen LogP contribution in [0.5, 0.6) is 0 Å². The Morgan fingerprint density at radius 1 is 0.833 bits per heavy atom. The average Bonchev–Trinajstić information content (AvgIpc) is 3.20. The van der Waals surface area contributed by atoms with Gasteiger partial charge in [-0.25, -0.2) is 8.42 Å². The molecule has 0 amide bonds. The van der Waals surface area contributed by atoms with Crippen LogP contribution < -0.4 is 4.72 Å². The van der Waals surface area contributed by atoms with E-state index in [-0.39, 0.29) is 4.90 Å². The number of nitrogens with zero attached hydrogens (tertiary/aromatic N) is 2. The number of anilines is 1. The van der Waals surface area contributed by atoms with Gasteiger partial charge in [0.1, 0.15) is 10.6 Å². The minimum Gasteiger partial charge on any atom is -0.280 e. The number of sulfonamides is 1. The highest BCUT2D eigenvalue weighted by atomic mass is 32.2. The molecule has 0 radical (unpaired) electrons. The fourth-order valence-electron chi connectivity index (χ4n) is 3.27. The van der Waals surface area contributed by atoms with Crippen molar-refractivity contribution in [2.24, 2.45) is 0 Å². The first-order valence-corrected chi connectivity index (χ1v) is 11.3. The van der Waals surface area contributed by atoms with Gasteiger partial charge in [0, 0.05) is 17.4 Å². The van der Waals surface area contributed by atoms with Crippen LogP contribution in [0.3, 0.4) is 0 Å². The molecule has 1 heterocycles. The molecule has 5 nitrogen and oxygen atoms in total. The third-order valence-electron chi connectivity index (χ3n) is 4.87. The number of hydrogen-bond acceptors (Lipinski definition) is 3. The van der Waals surface area contributed by atoms with E-state index < -0.39 is 10.0 Å². The van der Waals surface area contributed by atoms with Gasteiger partial charge in [-0.05, 0) is 29.7 Å². The van der Waals surface area contributed by atoms with E-state index in [1.807, 2.05) is 72.8 Å². The van der Waals surface area contributed by atoms with Crippen molar-refractivity contribution in [3.63, 3.8) is 0 Å². The second-order valence-corrected chi connectivity index (χ2v) is 8.70. The maximum Gasteiger partial charge on any atom is 0.265 e. The largest absolute Gasteiger partial charge is 0.280 e. The van der Waals surface area contributed by atoms with E-state index in [0.29, 0.717) is 17.9 Å². The number of rotatable bonds is 7. The summed E-state index contributed by atoms with van der Waals surface area (Å²) in [6, 6.07) is 26.6. The van der Waals surface area contributed by atoms with Crippen LogP contribution in [-0.2, 0) is 23.0 Å². The molecule has 4 rings (SSSR count). The Bertz CT molecular complexity index is 1220. The van der Waals surface area contributed by atoms with Crippen LogP contribution in [0.1, 0.15) is 18.1 Å². The monoisotopic (exact) mass is 417 g/mol. The smallest absolute Gasteiger partial charge is 0.265 e. The van der Waals surface area contributed by atoms with Crippen molar-refractivity contribution < 1.29 is 8.42 Å². The van der Waals surface area contributed by atoms with E-state index in [1.54, 1.807) is 23.0 Å². The third-order valence-corrected chi connectivity index (χ3v) is 6.25. The summed E-state index contributed by atoms with van der Waals surface area (Å²) < 4.78 is 30.9. The Hall–Kier alpha value is -3.38. The first-order valence-electron chi connectivity index (χ1n) is 9.84. The van der Waals surface area contributed by atoms with Crippen molar-refractivity contribution in [3.8, 4) is 11.3 Å². The van der Waals surface area contributed by atoms with Gasteiger partial charge in [-0.3, -0.25) is 9.40 Å². The van der Waals surface area contributed by atoms with E-state index in [9.17, 15) is 8.42 Å². The number of benzene rings is 3. The predicted molar refractivity (Wildman–Crippen MR) is 120 cm³/mol. The number of hydrogen-bond donors (Lipinski definition) is 1. The lowest BCUT2D eigenvalue weighted by atomic mass is 10.2. The van der Waals surface area contributed by atoms with Gasteiger partial charge >= 0.3 is 0 Å². The molecule has 0 saturated carbocycles. The topological polar surface area (TPSA) is 64.0 Å². The Balaban J connectivity index is 1.72. The minimum atomic E-state index is -3.82. The van der Waals surface area contributed by atoms with E-state index in [1.165, 1.54) is 0 Å². The summed E-state index contributed by atoms with van der Waals surface area (Å²) in [5, 5.41) is 4.61. The summed E-state index contributed by atoms with van der Waals surface area (Å²) in [5.41, 5.74) is 3.92. The van der Waals surface area contributed by atoms with Crippen LogP contribution in [0.25, 0.3) is 11.3 Å². The van der Waals surface area contributed by atoms with Crippen LogP contribution in [0.2, 0.25) is 0 Å². The lowest BCUT2D eigenvalue weighted by Crippen LogP contribution is -2.13. The normalized spacial score (nSPS) is 11.4. The highest BCUT2D eigenvalue weighted by Crippen LogP contribution is 2.28. The van der Waals surface area contributed by atoms with Crippen molar-refractivity contribution >= 4 is 15.7 Å². The molecular weight excluding hydrogens is 394 g/mol. The van der Waals surface area contributed by atoms with Gasteiger partial charge in [-0.1, -0.05) is 79.7 Å². The van der Waals surface area contributed by atoms with Crippen LogP contribution >= 0.6 is 0 Å². The number of aryl methyl sites for hydroxylation is 1. The third kappa shape index (κ3) is 4.44. The van der Waals surface area contributed by atoms with Crippen LogP contribution in [0.15, 0.2) is 96.0 Å². The van der Waals surface area contributed by atoms with E-state index in [2.05, 4.69) is 16.7 Å². The maximum atomic E-state index is 13.3. The Kier molecular flexibility index (Phi) is 5.68. The zero-order valence-electron chi connectivity index (χ0n) is 16.7. The second kappa shape index (κ2) is 8.55. The molecule has 6 heteroatoms. The molecule has 152 valence electrons. The Morgan fingerprint density at radius 2 is 1.47 bits per heavy atom. The summed E-state index contributed by atoms with van der Waals surface area (Å²) in [7, 11) is -3.82. The van der Waals surface area contributed by atoms with Crippen molar-refractivity contribution in [3.05, 3.63) is 102 Å². The summed E-state index contributed by atoms with van der Waals surface area (Å²) in [4.78, 5) is 0.157. The average molecular weight is 418 g/mol. The summed E-state index contributed by atoms with van der Waals surface area (Å²) >= 11 is 0. The van der Waals surface area contributed by atoms with Crippen LogP contribution in [-0.4, -0.2) is 18.2 Å². The second-order valence-electron chi connectivity index (χ2n) is 7.05. The minimum absolute atomic E-state index is 0.157. The molecule has 1 aromatic heterocycles. The SMILES string of the molecule is CCc1ccc(NS(=O)(=O)c2cn(Cc3ccccc3)nc2-c2ccccc2)cc1. The van der Waals surface area contributed by atoms with Gasteiger partial charge in [-0.2, -0.15) is 5.10 Å². The van der Waals surface area contributed by atoms with Crippen LogP contribution in [0, 0.1) is 0 Å². The van der Waals surface area contributed by atoms with Crippen molar-refractivity contribution in [2.45, 2.75) is 24.8 Å². The zero-order valence-corrected chi connectivity index (χ0v) is 17.5. The summed E-state index contributed by atoms with van der Waals surface area (Å²) in [6.07, 6.45) is 2.50. The lowest BCUT2D eigenvalue weighted by Gasteiger charge is -2.08. The molecule has 0 aliphatic carbocycles. The van der Waals surface area contributed by atoms with Gasteiger partial charge in [-0.15, -0.1) is 0 Å². The highest BCUT2D eigenvalue weighted by molar-refractivity contribution is 7.92. The predicted octanol–water partition coefficient (Wildman–Crippen LogP) is 4.96. The quantitative estimate of drug-likeness (QED) is 0.462. The molecule has 0 unspecified atom stereocenters. The summed E-state index contributed by atoms with van der Waals surface area (Å²) in [5.74, 6) is 0. The molecule has 0 aliphatic rings. The van der Waals surface area contributed by atoms with Gasteiger partial charge in [0.15, 0.2) is 0 Å². The van der Waals surface area contributed by atoms with Crippen molar-refractivity contribution in [1.82, 2.24) is 9.78 Å². The molecule has 0 spiro atoms. The molecule has 4 aromatic rings. The van der Waals surface area contributed by atoms with Gasteiger partial charge in [0.25, 0.3) is 10.0 Å². The van der Waals surface area contributed by atoms with Gasteiger partial charge in [0.05, 0.1) is 6.54 Å².